The number of aryl methyl sites for hydroxylation is 1. The molecule has 2 heterocycles. The maximum atomic E-state index is 11.9. The van der Waals surface area contributed by atoms with Crippen LogP contribution in [0, 0.1) is 12.8 Å². The molecule has 35 heavy (non-hydrogen) atoms. The van der Waals surface area contributed by atoms with Gasteiger partial charge < -0.3 is 20.1 Å². The molecule has 182 valence electrons. The number of para-hydroxylation sites is 1. The minimum Gasteiger partial charge on any atom is -0.496 e. The van der Waals surface area contributed by atoms with Crippen LogP contribution in [0.15, 0.2) is 48.5 Å². The molecule has 2 N–H and O–H groups in total. The number of piperidine rings is 1. The standard InChI is InChI=1S/C27H30N4O4/c1-17-26(35-18(2)32)25(27(28)33)30-24(29-17)16-19-12-14-31(15-13-19)21-10-8-20(9-11-21)22-6-4-5-7-23(22)34-3/h4-11,19H,12-16H2,1-3H3,(H2,28,33). The topological polar surface area (TPSA) is 108 Å². The lowest BCUT2D eigenvalue weighted by Gasteiger charge is -2.33. The van der Waals surface area contributed by atoms with Crippen molar-refractivity contribution in [2.24, 2.45) is 11.7 Å². The summed E-state index contributed by atoms with van der Waals surface area (Å²) in [6, 6.07) is 16.6. The number of anilines is 1. The van der Waals surface area contributed by atoms with Crippen LogP contribution in [-0.2, 0) is 11.2 Å². The molecular weight excluding hydrogens is 444 g/mol. The monoisotopic (exact) mass is 474 g/mol. The average Bonchev–Trinajstić information content (AvgIpc) is 2.85. The Kier molecular flexibility index (Phi) is 7.29. The Labute approximate surface area is 205 Å². The SMILES string of the molecule is COc1ccccc1-c1ccc(N2CCC(Cc3nc(C)c(OC(C)=O)c(C(N)=O)n3)CC2)cc1. The molecule has 1 amide bonds. The Balaban J connectivity index is 1.40. The van der Waals surface area contributed by atoms with Crippen molar-refractivity contribution in [2.75, 3.05) is 25.1 Å². The van der Waals surface area contributed by atoms with E-state index in [0.717, 1.165) is 42.8 Å². The molecule has 1 aliphatic heterocycles. The van der Waals surface area contributed by atoms with E-state index in [4.69, 9.17) is 15.2 Å². The highest BCUT2D eigenvalue weighted by molar-refractivity contribution is 5.94. The van der Waals surface area contributed by atoms with Gasteiger partial charge in [0.25, 0.3) is 5.91 Å². The molecule has 1 aromatic heterocycles. The van der Waals surface area contributed by atoms with Gasteiger partial charge in [0.15, 0.2) is 11.4 Å². The van der Waals surface area contributed by atoms with E-state index in [1.165, 1.54) is 12.6 Å². The Morgan fingerprint density at radius 2 is 1.74 bits per heavy atom. The molecule has 2 aromatic carbocycles. The highest BCUT2D eigenvalue weighted by Crippen LogP contribution is 2.32. The van der Waals surface area contributed by atoms with Crippen molar-refractivity contribution in [3.63, 3.8) is 0 Å². The Bertz CT molecular complexity index is 1220. The number of ether oxygens (including phenoxy) is 2. The van der Waals surface area contributed by atoms with Crippen LogP contribution in [0.3, 0.4) is 0 Å². The number of carbonyl (C=O) groups is 2. The molecule has 1 fully saturated rings. The quantitative estimate of drug-likeness (QED) is 0.517. The van der Waals surface area contributed by atoms with E-state index in [0.29, 0.717) is 23.9 Å². The van der Waals surface area contributed by atoms with E-state index in [1.807, 2.05) is 18.2 Å². The van der Waals surface area contributed by atoms with E-state index in [9.17, 15) is 9.59 Å². The first-order valence-corrected chi connectivity index (χ1v) is 11.7. The van der Waals surface area contributed by atoms with E-state index < -0.39 is 11.9 Å². The summed E-state index contributed by atoms with van der Waals surface area (Å²) in [5.41, 5.74) is 9.25. The highest BCUT2D eigenvalue weighted by Gasteiger charge is 2.24. The minimum atomic E-state index is -0.737. The second-order valence-corrected chi connectivity index (χ2v) is 8.74. The summed E-state index contributed by atoms with van der Waals surface area (Å²) >= 11 is 0. The Morgan fingerprint density at radius 3 is 2.37 bits per heavy atom. The van der Waals surface area contributed by atoms with E-state index in [2.05, 4.69) is 45.2 Å². The van der Waals surface area contributed by atoms with Gasteiger partial charge in [-0.05, 0) is 49.4 Å². The minimum absolute atomic E-state index is 0.0418. The maximum absolute atomic E-state index is 11.9. The third kappa shape index (κ3) is 5.59. The maximum Gasteiger partial charge on any atom is 0.308 e. The first kappa shape index (κ1) is 24.2. The van der Waals surface area contributed by atoms with Gasteiger partial charge in [0.1, 0.15) is 11.6 Å². The summed E-state index contributed by atoms with van der Waals surface area (Å²) in [5.74, 6) is 0.555. The number of nitrogens with zero attached hydrogens (tertiary/aromatic N) is 3. The molecule has 0 spiro atoms. The number of esters is 1. The average molecular weight is 475 g/mol. The molecule has 0 saturated carbocycles. The fourth-order valence-electron chi connectivity index (χ4n) is 4.53. The lowest BCUT2D eigenvalue weighted by atomic mass is 9.92. The van der Waals surface area contributed by atoms with Gasteiger partial charge in [-0.1, -0.05) is 30.3 Å². The van der Waals surface area contributed by atoms with Gasteiger partial charge in [-0.3, -0.25) is 9.59 Å². The fourth-order valence-corrected chi connectivity index (χ4v) is 4.53. The van der Waals surface area contributed by atoms with Crippen molar-refractivity contribution in [1.29, 1.82) is 0 Å². The molecule has 3 aromatic rings. The zero-order valence-electron chi connectivity index (χ0n) is 20.3. The van der Waals surface area contributed by atoms with Gasteiger partial charge in [-0.2, -0.15) is 0 Å². The number of hydrogen-bond donors (Lipinski definition) is 1. The lowest BCUT2D eigenvalue weighted by molar-refractivity contribution is -0.132. The van der Waals surface area contributed by atoms with Crippen LogP contribution in [0.5, 0.6) is 11.5 Å². The van der Waals surface area contributed by atoms with Crippen molar-refractivity contribution in [3.05, 3.63) is 65.7 Å². The number of primary amides is 1. The normalized spacial score (nSPS) is 14.0. The number of nitrogens with two attached hydrogens (primary N) is 1. The lowest BCUT2D eigenvalue weighted by Crippen LogP contribution is -2.34. The summed E-state index contributed by atoms with van der Waals surface area (Å²) < 4.78 is 10.6. The highest BCUT2D eigenvalue weighted by atomic mass is 16.5. The molecule has 1 aliphatic rings. The van der Waals surface area contributed by atoms with Gasteiger partial charge >= 0.3 is 5.97 Å². The summed E-state index contributed by atoms with van der Waals surface area (Å²) in [4.78, 5) is 34.4. The fraction of sp³-hybridized carbons (Fsp3) is 0.333. The van der Waals surface area contributed by atoms with Crippen LogP contribution < -0.4 is 20.1 Å². The number of benzene rings is 2. The number of rotatable bonds is 7. The van der Waals surface area contributed by atoms with E-state index in [1.54, 1.807) is 14.0 Å². The second-order valence-electron chi connectivity index (χ2n) is 8.74. The van der Waals surface area contributed by atoms with E-state index >= 15 is 0 Å². The first-order valence-electron chi connectivity index (χ1n) is 11.7. The molecule has 8 heteroatoms. The Hall–Kier alpha value is -3.94. The van der Waals surface area contributed by atoms with Gasteiger partial charge in [0.05, 0.1) is 12.8 Å². The molecule has 0 aliphatic carbocycles. The molecule has 1 saturated heterocycles. The third-order valence-corrected chi connectivity index (χ3v) is 6.30. The number of methoxy groups -OCH3 is 1. The first-order chi connectivity index (χ1) is 16.9. The number of aromatic nitrogens is 2. The van der Waals surface area contributed by atoms with Crippen molar-refractivity contribution in [3.8, 4) is 22.6 Å². The van der Waals surface area contributed by atoms with Gasteiger partial charge in [-0.25, -0.2) is 9.97 Å². The molecule has 8 nitrogen and oxygen atoms in total. The number of carbonyl (C=O) groups excluding carboxylic acids is 2. The van der Waals surface area contributed by atoms with Crippen LogP contribution in [-0.4, -0.2) is 42.0 Å². The molecule has 0 bridgehead atoms. The molecular formula is C27H30N4O4. The molecule has 0 unspecified atom stereocenters. The summed E-state index contributed by atoms with van der Waals surface area (Å²) in [6.07, 6.45) is 2.60. The van der Waals surface area contributed by atoms with Crippen molar-refractivity contribution in [2.45, 2.75) is 33.1 Å². The summed E-state index contributed by atoms with van der Waals surface area (Å²) in [7, 11) is 1.69. The van der Waals surface area contributed by atoms with Crippen LogP contribution in [0.25, 0.3) is 11.1 Å². The predicted octanol–water partition coefficient (Wildman–Crippen LogP) is 3.94. The Morgan fingerprint density at radius 1 is 1.06 bits per heavy atom. The molecule has 0 radical (unpaired) electrons. The predicted molar refractivity (Wildman–Crippen MR) is 134 cm³/mol. The third-order valence-electron chi connectivity index (χ3n) is 6.30. The van der Waals surface area contributed by atoms with Crippen LogP contribution >= 0.6 is 0 Å². The smallest absolute Gasteiger partial charge is 0.308 e. The van der Waals surface area contributed by atoms with Crippen molar-refractivity contribution in [1.82, 2.24) is 9.97 Å². The van der Waals surface area contributed by atoms with Crippen LogP contribution in [0.4, 0.5) is 5.69 Å². The van der Waals surface area contributed by atoms with Gasteiger partial charge in [0.2, 0.25) is 0 Å². The summed E-state index contributed by atoms with van der Waals surface area (Å²) in [5, 5.41) is 0. The molecule has 0 atom stereocenters. The number of amides is 1. The van der Waals surface area contributed by atoms with Gasteiger partial charge in [-0.15, -0.1) is 0 Å². The summed E-state index contributed by atoms with van der Waals surface area (Å²) in [6.45, 7) is 4.79. The zero-order chi connectivity index (χ0) is 24.9. The van der Waals surface area contributed by atoms with Crippen molar-refractivity contribution < 1.29 is 19.1 Å². The van der Waals surface area contributed by atoms with Gasteiger partial charge in [0, 0.05) is 37.7 Å². The zero-order valence-corrected chi connectivity index (χ0v) is 20.3. The van der Waals surface area contributed by atoms with Crippen LogP contribution in [0.1, 0.15) is 41.8 Å². The largest absolute Gasteiger partial charge is 0.496 e. The second kappa shape index (κ2) is 10.5. The van der Waals surface area contributed by atoms with Crippen molar-refractivity contribution >= 4 is 17.6 Å². The van der Waals surface area contributed by atoms with E-state index in [-0.39, 0.29) is 11.4 Å². The van der Waals surface area contributed by atoms with Crippen LogP contribution in [0.2, 0.25) is 0 Å². The molecule has 4 rings (SSSR count). The number of hydrogen-bond acceptors (Lipinski definition) is 7.